The van der Waals surface area contributed by atoms with Gasteiger partial charge in [-0.25, -0.2) is 31.6 Å². The molecule has 0 aromatic heterocycles. The maximum absolute atomic E-state index is 13.8. The third-order valence-corrected chi connectivity index (χ3v) is 3.01. The fraction of sp³-hybridized carbons (Fsp3) is 0.133. The zero-order chi connectivity index (χ0) is 18.0. The molecular formula is C15H10F5NO3. The van der Waals surface area contributed by atoms with Crippen LogP contribution in [0.4, 0.5) is 38.1 Å². The molecule has 1 amide bonds. The Bertz CT molecular complexity index is 751. The van der Waals surface area contributed by atoms with Crippen molar-refractivity contribution in [1.29, 1.82) is 0 Å². The fourth-order valence-corrected chi connectivity index (χ4v) is 1.98. The van der Waals surface area contributed by atoms with Gasteiger partial charge >= 0.3 is 6.09 Å². The number of carboxylic acid groups (broad SMARTS) is 1. The highest BCUT2D eigenvalue weighted by atomic mass is 19.2. The molecule has 0 bridgehead atoms. The number of benzene rings is 2. The third-order valence-electron chi connectivity index (χ3n) is 3.01. The van der Waals surface area contributed by atoms with Crippen molar-refractivity contribution in [3.05, 3.63) is 53.4 Å². The molecule has 0 spiro atoms. The van der Waals surface area contributed by atoms with E-state index in [2.05, 4.69) is 0 Å². The monoisotopic (exact) mass is 347 g/mol. The summed E-state index contributed by atoms with van der Waals surface area (Å²) in [5.74, 6) is -11.0. The predicted molar refractivity (Wildman–Crippen MR) is 74.0 cm³/mol. The zero-order valence-corrected chi connectivity index (χ0v) is 12.1. The number of halogens is 5. The summed E-state index contributed by atoms with van der Waals surface area (Å²) in [6.45, 7) is 2.02. The highest BCUT2D eigenvalue weighted by Gasteiger charge is 2.32. The van der Waals surface area contributed by atoms with Gasteiger partial charge in [-0.3, -0.25) is 0 Å². The zero-order valence-electron chi connectivity index (χ0n) is 12.1. The number of hydrogen-bond donors (Lipinski definition) is 1. The average molecular weight is 347 g/mol. The molecule has 1 N–H and O–H groups in total. The summed E-state index contributed by atoms with van der Waals surface area (Å²) in [5.41, 5.74) is -1.91. The Morgan fingerprint density at radius 3 is 1.83 bits per heavy atom. The molecule has 4 nitrogen and oxygen atoms in total. The van der Waals surface area contributed by atoms with Crippen molar-refractivity contribution in [1.82, 2.24) is 0 Å². The number of ether oxygens (including phenoxy) is 1. The van der Waals surface area contributed by atoms with Gasteiger partial charge in [-0.2, -0.15) is 0 Å². The van der Waals surface area contributed by atoms with Crippen LogP contribution in [0.25, 0.3) is 0 Å². The van der Waals surface area contributed by atoms with Gasteiger partial charge in [-0.05, 0) is 31.2 Å². The van der Waals surface area contributed by atoms with Crippen LogP contribution in [0.2, 0.25) is 0 Å². The van der Waals surface area contributed by atoms with Gasteiger partial charge in [-0.15, -0.1) is 0 Å². The number of amides is 1. The van der Waals surface area contributed by atoms with E-state index in [0.717, 1.165) is 12.1 Å². The van der Waals surface area contributed by atoms with Gasteiger partial charge in [0.05, 0.1) is 12.3 Å². The summed E-state index contributed by atoms with van der Waals surface area (Å²) in [5, 5.41) is 9.18. The molecule has 9 heteroatoms. The molecule has 0 aliphatic heterocycles. The minimum atomic E-state index is -2.37. The topological polar surface area (TPSA) is 49.8 Å². The van der Waals surface area contributed by atoms with Crippen molar-refractivity contribution < 1.29 is 36.6 Å². The highest BCUT2D eigenvalue weighted by Crippen LogP contribution is 2.35. The van der Waals surface area contributed by atoms with Crippen molar-refractivity contribution >= 4 is 17.5 Å². The van der Waals surface area contributed by atoms with Crippen molar-refractivity contribution in [2.45, 2.75) is 6.92 Å². The summed E-state index contributed by atoms with van der Waals surface area (Å²) in [4.78, 5) is 11.3. The summed E-state index contributed by atoms with van der Waals surface area (Å²) >= 11 is 0. The normalized spacial score (nSPS) is 10.6. The van der Waals surface area contributed by atoms with Gasteiger partial charge in [0.2, 0.25) is 5.82 Å². The molecule has 2 aromatic rings. The van der Waals surface area contributed by atoms with E-state index in [1.54, 1.807) is 6.92 Å². The summed E-state index contributed by atoms with van der Waals surface area (Å²) in [6.07, 6.45) is -1.93. The molecule has 0 atom stereocenters. The molecule has 0 radical (unpaired) electrons. The van der Waals surface area contributed by atoms with Gasteiger partial charge in [0.25, 0.3) is 0 Å². The maximum atomic E-state index is 13.8. The Kier molecular flexibility index (Phi) is 4.91. The van der Waals surface area contributed by atoms with E-state index in [1.807, 2.05) is 0 Å². The summed E-state index contributed by atoms with van der Waals surface area (Å²) in [7, 11) is 0. The summed E-state index contributed by atoms with van der Waals surface area (Å²) in [6, 6.07) is 4.80. The SMILES string of the molecule is CCOc1ccc(N(C(=O)O)c2c(F)c(F)c(F)c(F)c2F)cc1. The van der Waals surface area contributed by atoms with Gasteiger partial charge in [0, 0.05) is 0 Å². The lowest BCUT2D eigenvalue weighted by molar-refractivity contribution is 0.204. The van der Waals surface area contributed by atoms with Crippen LogP contribution < -0.4 is 9.64 Å². The molecule has 0 heterocycles. The second-order valence-electron chi connectivity index (χ2n) is 4.46. The number of anilines is 2. The van der Waals surface area contributed by atoms with E-state index in [1.165, 1.54) is 12.1 Å². The Hall–Kier alpha value is -2.84. The van der Waals surface area contributed by atoms with E-state index in [9.17, 15) is 31.9 Å². The largest absolute Gasteiger partial charge is 0.494 e. The van der Waals surface area contributed by atoms with Crippen molar-refractivity contribution in [2.24, 2.45) is 0 Å². The second kappa shape index (κ2) is 6.73. The smallest absolute Gasteiger partial charge is 0.416 e. The molecule has 0 saturated heterocycles. The lowest BCUT2D eigenvalue weighted by Crippen LogP contribution is -2.27. The molecule has 2 rings (SSSR count). The third kappa shape index (κ3) is 2.97. The molecular weight excluding hydrogens is 337 g/mol. The highest BCUT2D eigenvalue weighted by molar-refractivity contribution is 5.95. The minimum Gasteiger partial charge on any atom is -0.494 e. The number of hydrogen-bond acceptors (Lipinski definition) is 2. The number of carbonyl (C=O) groups is 1. The Balaban J connectivity index is 2.63. The molecule has 24 heavy (non-hydrogen) atoms. The molecule has 0 unspecified atom stereocenters. The first-order valence-electron chi connectivity index (χ1n) is 6.56. The van der Waals surface area contributed by atoms with Crippen LogP contribution in [0.15, 0.2) is 24.3 Å². The Morgan fingerprint density at radius 1 is 0.958 bits per heavy atom. The quantitative estimate of drug-likeness (QED) is 0.500. The van der Waals surface area contributed by atoms with Crippen LogP contribution in [0.5, 0.6) is 5.75 Å². The van der Waals surface area contributed by atoms with Gasteiger partial charge < -0.3 is 9.84 Å². The summed E-state index contributed by atoms with van der Waals surface area (Å²) < 4.78 is 72.5. The van der Waals surface area contributed by atoms with E-state index in [0.29, 0.717) is 12.4 Å². The van der Waals surface area contributed by atoms with Crippen molar-refractivity contribution in [3.63, 3.8) is 0 Å². The second-order valence-corrected chi connectivity index (χ2v) is 4.46. The van der Waals surface area contributed by atoms with Crippen LogP contribution in [-0.2, 0) is 0 Å². The average Bonchev–Trinajstić information content (AvgIpc) is 2.56. The van der Waals surface area contributed by atoms with Crippen molar-refractivity contribution in [3.8, 4) is 5.75 Å². The van der Waals surface area contributed by atoms with Crippen LogP contribution in [0.3, 0.4) is 0 Å². The lowest BCUT2D eigenvalue weighted by atomic mass is 10.2. The van der Waals surface area contributed by atoms with Crippen LogP contribution in [-0.4, -0.2) is 17.8 Å². The first-order valence-corrected chi connectivity index (χ1v) is 6.56. The maximum Gasteiger partial charge on any atom is 0.416 e. The van der Waals surface area contributed by atoms with Gasteiger partial charge in [-0.1, -0.05) is 0 Å². The van der Waals surface area contributed by atoms with E-state index < -0.39 is 40.9 Å². The van der Waals surface area contributed by atoms with Gasteiger partial charge in [0.15, 0.2) is 23.3 Å². The van der Waals surface area contributed by atoms with E-state index in [4.69, 9.17) is 4.74 Å². The minimum absolute atomic E-state index is 0.0357. The van der Waals surface area contributed by atoms with Gasteiger partial charge in [0.1, 0.15) is 11.4 Å². The predicted octanol–water partition coefficient (Wildman–Crippen LogP) is 4.60. The number of nitrogens with zero attached hydrogens (tertiary/aromatic N) is 1. The number of rotatable bonds is 4. The van der Waals surface area contributed by atoms with Crippen LogP contribution in [0, 0.1) is 29.1 Å². The molecule has 0 saturated carbocycles. The molecule has 0 aliphatic carbocycles. The molecule has 2 aromatic carbocycles. The van der Waals surface area contributed by atoms with Crippen molar-refractivity contribution in [2.75, 3.05) is 11.5 Å². The Labute approximate surface area is 132 Å². The van der Waals surface area contributed by atoms with Crippen LogP contribution >= 0.6 is 0 Å². The first kappa shape index (κ1) is 17.5. The lowest BCUT2D eigenvalue weighted by Gasteiger charge is -2.21. The molecule has 0 aliphatic rings. The molecule has 128 valence electrons. The van der Waals surface area contributed by atoms with E-state index >= 15 is 0 Å². The van der Waals surface area contributed by atoms with Crippen LogP contribution in [0.1, 0.15) is 6.92 Å². The first-order chi connectivity index (χ1) is 11.3. The molecule has 0 fully saturated rings. The fourth-order valence-electron chi connectivity index (χ4n) is 1.98. The standard InChI is InChI=1S/C15H10F5NO3/c1-2-24-8-5-3-7(4-6-8)21(15(22)23)14-12(19)10(17)9(16)11(18)13(14)20/h3-6H,2H2,1H3,(H,22,23). The van der Waals surface area contributed by atoms with E-state index in [-0.39, 0.29) is 10.6 Å². The Morgan fingerprint density at radius 2 is 1.42 bits per heavy atom.